The Morgan fingerprint density at radius 3 is 2.82 bits per heavy atom. The molecule has 7 nitrogen and oxygen atoms in total. The maximum atomic E-state index is 12.6. The standard InChI is InChI=1S/C21H29NO6/c1-12(23)8-9-13(2)26-21-18(24)10-19(14(3)27-21)28-20(25)16-11-22-17-7-5-4-6-15(16)17/h4-7,11-14,18-19,21-24H,8-10H2,1-3H3/t12-,13-,14+,18-,19-,21-/m1/s1. The second kappa shape index (κ2) is 9.05. The Morgan fingerprint density at radius 1 is 1.32 bits per heavy atom. The number of para-hydroxylation sites is 1. The molecule has 1 fully saturated rings. The van der Waals surface area contributed by atoms with Crippen molar-refractivity contribution in [1.29, 1.82) is 0 Å². The number of carbonyl (C=O) groups is 1. The zero-order chi connectivity index (χ0) is 20.3. The van der Waals surface area contributed by atoms with Crippen LogP contribution >= 0.6 is 0 Å². The number of esters is 1. The minimum Gasteiger partial charge on any atom is -0.456 e. The highest BCUT2D eigenvalue weighted by Gasteiger charge is 2.38. The quantitative estimate of drug-likeness (QED) is 0.628. The van der Waals surface area contributed by atoms with Gasteiger partial charge in [0.15, 0.2) is 6.29 Å². The minimum atomic E-state index is -0.897. The Morgan fingerprint density at radius 2 is 2.07 bits per heavy atom. The molecule has 0 bridgehead atoms. The maximum absolute atomic E-state index is 12.6. The molecule has 1 aliphatic heterocycles. The first-order chi connectivity index (χ1) is 13.3. The molecule has 154 valence electrons. The van der Waals surface area contributed by atoms with E-state index in [1.165, 1.54) is 0 Å². The number of benzene rings is 1. The third-order valence-corrected chi connectivity index (χ3v) is 5.09. The molecule has 1 aliphatic rings. The average Bonchev–Trinajstić information content (AvgIpc) is 3.08. The molecule has 0 spiro atoms. The molecular formula is C21H29NO6. The largest absolute Gasteiger partial charge is 0.456 e. The van der Waals surface area contributed by atoms with Crippen molar-refractivity contribution in [3.63, 3.8) is 0 Å². The molecule has 2 heterocycles. The molecule has 7 heteroatoms. The molecule has 0 radical (unpaired) electrons. The van der Waals surface area contributed by atoms with E-state index in [0.717, 1.165) is 10.9 Å². The second-order valence-electron chi connectivity index (χ2n) is 7.58. The summed E-state index contributed by atoms with van der Waals surface area (Å²) in [5, 5.41) is 20.6. The van der Waals surface area contributed by atoms with Crippen LogP contribution in [0, 0.1) is 0 Å². The van der Waals surface area contributed by atoms with Gasteiger partial charge in [0.1, 0.15) is 12.2 Å². The lowest BCUT2D eigenvalue weighted by Crippen LogP contribution is -2.49. The predicted molar refractivity (Wildman–Crippen MR) is 104 cm³/mol. The Balaban J connectivity index is 1.57. The number of aromatic nitrogens is 1. The van der Waals surface area contributed by atoms with E-state index in [1.807, 2.05) is 31.2 Å². The normalized spacial score (nSPS) is 27.5. The topological polar surface area (TPSA) is 101 Å². The van der Waals surface area contributed by atoms with Gasteiger partial charge >= 0.3 is 5.97 Å². The summed E-state index contributed by atoms with van der Waals surface area (Å²) >= 11 is 0. The number of ether oxygens (including phenoxy) is 3. The number of rotatable bonds is 7. The van der Waals surface area contributed by atoms with Crippen molar-refractivity contribution < 1.29 is 29.2 Å². The highest BCUT2D eigenvalue weighted by Crippen LogP contribution is 2.27. The van der Waals surface area contributed by atoms with Crippen LogP contribution in [-0.4, -0.2) is 58.0 Å². The number of aliphatic hydroxyl groups is 2. The van der Waals surface area contributed by atoms with Crippen LogP contribution in [-0.2, 0) is 14.2 Å². The average molecular weight is 391 g/mol. The van der Waals surface area contributed by atoms with Crippen LogP contribution in [0.5, 0.6) is 0 Å². The summed E-state index contributed by atoms with van der Waals surface area (Å²) in [7, 11) is 0. The van der Waals surface area contributed by atoms with Crippen LogP contribution in [0.3, 0.4) is 0 Å². The fourth-order valence-corrected chi connectivity index (χ4v) is 3.41. The molecule has 1 aromatic heterocycles. The molecule has 3 rings (SSSR count). The second-order valence-corrected chi connectivity index (χ2v) is 7.58. The number of aliphatic hydroxyl groups excluding tert-OH is 2. The Kier molecular flexibility index (Phi) is 6.72. The van der Waals surface area contributed by atoms with Gasteiger partial charge in [-0.05, 0) is 39.7 Å². The van der Waals surface area contributed by atoms with Gasteiger partial charge in [-0.2, -0.15) is 0 Å². The lowest BCUT2D eigenvalue weighted by atomic mass is 10.0. The van der Waals surface area contributed by atoms with E-state index in [-0.39, 0.29) is 12.5 Å². The predicted octanol–water partition coefficient (Wildman–Crippen LogP) is 2.76. The van der Waals surface area contributed by atoms with Gasteiger partial charge in [0.05, 0.1) is 23.9 Å². The molecule has 6 atom stereocenters. The van der Waals surface area contributed by atoms with Crippen LogP contribution in [0.15, 0.2) is 30.5 Å². The Bertz CT molecular complexity index is 788. The number of carbonyl (C=O) groups excluding carboxylic acids is 1. The van der Waals surface area contributed by atoms with Gasteiger partial charge < -0.3 is 29.4 Å². The van der Waals surface area contributed by atoms with Crippen molar-refractivity contribution >= 4 is 16.9 Å². The summed E-state index contributed by atoms with van der Waals surface area (Å²) in [4.78, 5) is 15.7. The van der Waals surface area contributed by atoms with E-state index in [9.17, 15) is 15.0 Å². The van der Waals surface area contributed by atoms with E-state index in [4.69, 9.17) is 14.2 Å². The maximum Gasteiger partial charge on any atom is 0.340 e. The first-order valence-electron chi connectivity index (χ1n) is 9.79. The summed E-state index contributed by atoms with van der Waals surface area (Å²) < 4.78 is 17.2. The SMILES string of the molecule is C[C@H](CC[C@@H](C)O)O[C@@H]1O[C@@H](C)[C@H](OC(=O)c2c[nH]c3ccccc23)C[C@H]1O. The lowest BCUT2D eigenvalue weighted by Gasteiger charge is -2.38. The van der Waals surface area contributed by atoms with Crippen molar-refractivity contribution in [2.75, 3.05) is 0 Å². The van der Waals surface area contributed by atoms with E-state index < -0.39 is 36.7 Å². The molecule has 0 amide bonds. The number of hydrogen-bond acceptors (Lipinski definition) is 6. The van der Waals surface area contributed by atoms with Crippen LogP contribution < -0.4 is 0 Å². The Labute approximate surface area is 164 Å². The van der Waals surface area contributed by atoms with E-state index in [1.54, 1.807) is 20.0 Å². The highest BCUT2D eigenvalue weighted by molar-refractivity contribution is 6.04. The van der Waals surface area contributed by atoms with Gasteiger partial charge in [-0.3, -0.25) is 0 Å². The van der Waals surface area contributed by atoms with Gasteiger partial charge in [-0.25, -0.2) is 4.79 Å². The molecule has 2 aromatic rings. The number of aromatic amines is 1. The van der Waals surface area contributed by atoms with E-state index in [0.29, 0.717) is 18.4 Å². The molecule has 1 aromatic carbocycles. The zero-order valence-electron chi connectivity index (χ0n) is 16.5. The molecule has 28 heavy (non-hydrogen) atoms. The summed E-state index contributed by atoms with van der Waals surface area (Å²) in [6.45, 7) is 5.41. The fraction of sp³-hybridized carbons (Fsp3) is 0.571. The smallest absolute Gasteiger partial charge is 0.340 e. The highest BCUT2D eigenvalue weighted by atomic mass is 16.7. The van der Waals surface area contributed by atoms with Crippen molar-refractivity contribution in [2.24, 2.45) is 0 Å². The van der Waals surface area contributed by atoms with Crippen LogP contribution in [0.1, 0.15) is 50.4 Å². The molecule has 0 saturated carbocycles. The lowest BCUT2D eigenvalue weighted by molar-refractivity contribution is -0.273. The molecule has 0 unspecified atom stereocenters. The van der Waals surface area contributed by atoms with Gasteiger partial charge in [-0.15, -0.1) is 0 Å². The summed E-state index contributed by atoms with van der Waals surface area (Å²) in [5.41, 5.74) is 1.32. The fourth-order valence-electron chi connectivity index (χ4n) is 3.41. The third-order valence-electron chi connectivity index (χ3n) is 5.09. The number of fused-ring (bicyclic) bond motifs is 1. The molecule has 0 aliphatic carbocycles. The van der Waals surface area contributed by atoms with Crippen molar-refractivity contribution in [3.8, 4) is 0 Å². The number of H-pyrrole nitrogens is 1. The number of hydrogen-bond donors (Lipinski definition) is 3. The van der Waals surface area contributed by atoms with Gasteiger partial charge in [0.25, 0.3) is 0 Å². The molecule has 3 N–H and O–H groups in total. The Hall–Kier alpha value is -1.93. The zero-order valence-corrected chi connectivity index (χ0v) is 16.5. The van der Waals surface area contributed by atoms with Gasteiger partial charge in [0.2, 0.25) is 0 Å². The molecule has 1 saturated heterocycles. The van der Waals surface area contributed by atoms with E-state index >= 15 is 0 Å². The van der Waals surface area contributed by atoms with Crippen LogP contribution in [0.4, 0.5) is 0 Å². The number of nitrogens with one attached hydrogen (secondary N) is 1. The van der Waals surface area contributed by atoms with Crippen molar-refractivity contribution in [2.45, 2.75) is 76.8 Å². The van der Waals surface area contributed by atoms with E-state index in [2.05, 4.69) is 4.98 Å². The summed E-state index contributed by atoms with van der Waals surface area (Å²) in [5.74, 6) is -0.449. The van der Waals surface area contributed by atoms with Crippen LogP contribution in [0.25, 0.3) is 10.9 Å². The first-order valence-corrected chi connectivity index (χ1v) is 9.79. The van der Waals surface area contributed by atoms with Gasteiger partial charge in [0, 0.05) is 23.5 Å². The molecular weight excluding hydrogens is 362 g/mol. The summed E-state index contributed by atoms with van der Waals surface area (Å²) in [6.07, 6.45) is -0.0518. The monoisotopic (exact) mass is 391 g/mol. The first kappa shape index (κ1) is 20.8. The van der Waals surface area contributed by atoms with Crippen molar-refractivity contribution in [1.82, 2.24) is 4.98 Å². The van der Waals surface area contributed by atoms with Crippen LogP contribution in [0.2, 0.25) is 0 Å². The minimum absolute atomic E-state index is 0.160. The summed E-state index contributed by atoms with van der Waals surface area (Å²) in [6, 6.07) is 7.51. The third kappa shape index (κ3) is 4.91. The van der Waals surface area contributed by atoms with Gasteiger partial charge in [-0.1, -0.05) is 18.2 Å². The van der Waals surface area contributed by atoms with Crippen molar-refractivity contribution in [3.05, 3.63) is 36.0 Å².